The first-order valence-corrected chi connectivity index (χ1v) is 11.6. The Balaban J connectivity index is 1.71. The number of hydrogen-bond acceptors (Lipinski definition) is 3. The van der Waals surface area contributed by atoms with E-state index in [1.807, 2.05) is 97.3 Å². The molecule has 0 radical (unpaired) electrons. The summed E-state index contributed by atoms with van der Waals surface area (Å²) in [4.78, 5) is 5.06. The number of hydrogen-bond donors (Lipinski definition) is 1. The first-order chi connectivity index (χ1) is 17.2. The highest BCUT2D eigenvalue weighted by Gasteiger charge is 2.33. The molecule has 2 atom stereocenters. The van der Waals surface area contributed by atoms with Crippen LogP contribution in [0, 0.1) is 0 Å². The molecule has 35 heavy (non-hydrogen) atoms. The van der Waals surface area contributed by atoms with Gasteiger partial charge in [0.15, 0.2) is 12.4 Å². The van der Waals surface area contributed by atoms with Crippen LogP contribution in [0.5, 0.6) is 5.75 Å². The van der Waals surface area contributed by atoms with Gasteiger partial charge in [-0.2, -0.15) is 4.57 Å². The smallest absolute Gasteiger partial charge is 0.210 e. The summed E-state index contributed by atoms with van der Waals surface area (Å²) in [5.41, 5.74) is 3.67. The highest BCUT2D eigenvalue weighted by Crippen LogP contribution is 2.35. The second kappa shape index (κ2) is 10.2. The highest BCUT2D eigenvalue weighted by atomic mass is 16.5. The van der Waals surface area contributed by atoms with Crippen LogP contribution in [0.25, 0.3) is 16.7 Å². The third-order valence-corrected chi connectivity index (χ3v) is 6.23. The minimum absolute atomic E-state index is 0.194. The van der Waals surface area contributed by atoms with Gasteiger partial charge < -0.3 is 9.84 Å². The number of ether oxygens (including phenoxy) is 1. The number of allylic oxidation sites excluding steroid dienone is 1. The molecule has 0 aliphatic heterocycles. The zero-order valence-corrected chi connectivity index (χ0v) is 19.5. The lowest BCUT2D eigenvalue weighted by molar-refractivity contribution is -0.716. The summed E-state index contributed by atoms with van der Waals surface area (Å²) >= 11 is 0. The van der Waals surface area contributed by atoms with Crippen LogP contribution in [-0.2, 0) is 0 Å². The largest absolute Gasteiger partial charge is 0.508 e. The summed E-state index contributed by atoms with van der Waals surface area (Å²) in [6.07, 6.45) is 6.02. The lowest BCUT2D eigenvalue weighted by Crippen LogP contribution is -2.43. The molecule has 0 saturated heterocycles. The number of fused-ring (bicyclic) bond motifs is 1. The van der Waals surface area contributed by atoms with Gasteiger partial charge in [-0.3, -0.25) is 0 Å². The second-order valence-corrected chi connectivity index (χ2v) is 8.41. The van der Waals surface area contributed by atoms with E-state index < -0.39 is 0 Å². The molecule has 2 unspecified atom stereocenters. The van der Waals surface area contributed by atoms with Crippen molar-refractivity contribution >= 4 is 16.7 Å². The summed E-state index contributed by atoms with van der Waals surface area (Å²) in [5.74, 6) is 0.812. The zero-order valence-electron chi connectivity index (χ0n) is 19.5. The minimum Gasteiger partial charge on any atom is -0.508 e. The van der Waals surface area contributed by atoms with Gasteiger partial charge in [0.1, 0.15) is 17.2 Å². The van der Waals surface area contributed by atoms with Gasteiger partial charge in [0, 0.05) is 23.1 Å². The molecular weight excluding hydrogens is 432 g/mol. The molecule has 5 aromatic rings. The summed E-state index contributed by atoms with van der Waals surface area (Å²) in [6, 6.07) is 35.8. The van der Waals surface area contributed by atoms with Crippen molar-refractivity contribution in [3.05, 3.63) is 144 Å². The van der Waals surface area contributed by atoms with E-state index in [0.29, 0.717) is 0 Å². The fourth-order valence-corrected chi connectivity index (χ4v) is 4.44. The Hall–Kier alpha value is -4.44. The van der Waals surface area contributed by atoms with Crippen molar-refractivity contribution in [3.63, 3.8) is 0 Å². The van der Waals surface area contributed by atoms with E-state index in [1.54, 1.807) is 7.11 Å². The van der Waals surface area contributed by atoms with E-state index in [0.717, 1.165) is 33.5 Å². The molecule has 0 spiro atoms. The van der Waals surface area contributed by atoms with Crippen molar-refractivity contribution in [2.45, 2.75) is 12.0 Å². The quantitative estimate of drug-likeness (QED) is 0.223. The third kappa shape index (κ3) is 4.92. The van der Waals surface area contributed by atoms with E-state index >= 15 is 0 Å². The Morgan fingerprint density at radius 2 is 1.49 bits per heavy atom. The molecule has 0 aliphatic rings. The summed E-state index contributed by atoms with van der Waals surface area (Å²) < 4.78 is 7.55. The minimum atomic E-state index is -0.206. The van der Waals surface area contributed by atoms with Gasteiger partial charge in [0.2, 0.25) is 6.04 Å². The Morgan fingerprint density at radius 1 is 0.800 bits per heavy atom. The van der Waals surface area contributed by atoms with Crippen LogP contribution < -0.4 is 9.30 Å². The number of methoxy groups -OCH3 is 1. The van der Waals surface area contributed by atoms with Gasteiger partial charge >= 0.3 is 0 Å². The molecule has 4 heteroatoms. The Kier molecular flexibility index (Phi) is 6.53. The fourth-order valence-electron chi connectivity index (χ4n) is 4.44. The number of aliphatic hydroxyl groups excluding tert-OH is 1. The second-order valence-electron chi connectivity index (χ2n) is 8.41. The van der Waals surface area contributed by atoms with E-state index in [2.05, 4.69) is 34.9 Å². The Bertz CT molecular complexity index is 1430. The summed E-state index contributed by atoms with van der Waals surface area (Å²) in [6.45, 7) is 0. The molecule has 2 heterocycles. The van der Waals surface area contributed by atoms with Gasteiger partial charge in [-0.1, -0.05) is 72.8 Å². The molecule has 2 aromatic heterocycles. The van der Waals surface area contributed by atoms with Crippen LogP contribution in [0.1, 0.15) is 28.8 Å². The van der Waals surface area contributed by atoms with Crippen molar-refractivity contribution in [3.8, 4) is 5.75 Å². The van der Waals surface area contributed by atoms with Crippen molar-refractivity contribution in [2.24, 2.45) is 0 Å². The Labute approximate surface area is 205 Å². The maximum atomic E-state index is 11.2. The molecule has 0 bridgehead atoms. The SMILES string of the molecule is COc1ccc(C(/C=C(\O)c2ccccc2)C(c2ccc3ccccc3n2)[n+]2ccccc2)cc1. The molecule has 1 N–H and O–H groups in total. The molecule has 0 fully saturated rings. The predicted molar refractivity (Wildman–Crippen MR) is 139 cm³/mol. The van der Waals surface area contributed by atoms with E-state index in [1.165, 1.54) is 0 Å². The number of benzene rings is 3. The maximum Gasteiger partial charge on any atom is 0.210 e. The molecule has 5 rings (SSSR count). The number of aromatic nitrogens is 2. The van der Waals surface area contributed by atoms with E-state index in [-0.39, 0.29) is 17.7 Å². The molecular formula is C31H27N2O2+. The number of aliphatic hydroxyl groups is 1. The Morgan fingerprint density at radius 3 is 2.23 bits per heavy atom. The standard InChI is InChI=1S/C31H26N2O2/c1-35-26-17-14-23(15-18-26)27(22-30(34)25-11-4-2-5-12-25)31(33-20-8-3-9-21-33)29-19-16-24-10-6-7-13-28(24)32-29/h2-22,27,31H,1H3/p+1/b30-22-. The molecule has 172 valence electrons. The van der Waals surface area contributed by atoms with Gasteiger partial charge in [0.05, 0.1) is 18.5 Å². The first kappa shape index (κ1) is 22.4. The van der Waals surface area contributed by atoms with Gasteiger partial charge in [-0.25, -0.2) is 4.98 Å². The molecule has 3 aromatic carbocycles. The van der Waals surface area contributed by atoms with Crippen molar-refractivity contribution in [1.29, 1.82) is 0 Å². The molecule has 4 nitrogen and oxygen atoms in total. The number of para-hydroxylation sites is 1. The lowest BCUT2D eigenvalue weighted by atomic mass is 9.87. The van der Waals surface area contributed by atoms with Crippen LogP contribution in [0.4, 0.5) is 0 Å². The first-order valence-electron chi connectivity index (χ1n) is 11.6. The third-order valence-electron chi connectivity index (χ3n) is 6.23. The average molecular weight is 460 g/mol. The van der Waals surface area contributed by atoms with Gasteiger partial charge in [-0.05, 0) is 35.9 Å². The van der Waals surface area contributed by atoms with Crippen molar-refractivity contribution in [2.75, 3.05) is 7.11 Å². The van der Waals surface area contributed by atoms with Crippen LogP contribution >= 0.6 is 0 Å². The number of nitrogens with zero attached hydrogens (tertiary/aromatic N) is 2. The lowest BCUT2D eigenvalue weighted by Gasteiger charge is -2.22. The topological polar surface area (TPSA) is 46.2 Å². The van der Waals surface area contributed by atoms with Gasteiger partial charge in [-0.15, -0.1) is 0 Å². The van der Waals surface area contributed by atoms with Crippen LogP contribution in [0.3, 0.4) is 0 Å². The highest BCUT2D eigenvalue weighted by molar-refractivity contribution is 5.78. The van der Waals surface area contributed by atoms with Crippen molar-refractivity contribution in [1.82, 2.24) is 4.98 Å². The normalized spacial score (nSPS) is 13.3. The fraction of sp³-hybridized carbons (Fsp3) is 0.0968. The summed E-state index contributed by atoms with van der Waals surface area (Å²) in [7, 11) is 1.66. The van der Waals surface area contributed by atoms with Crippen LogP contribution in [-0.4, -0.2) is 17.2 Å². The molecule has 0 amide bonds. The van der Waals surface area contributed by atoms with E-state index in [9.17, 15) is 5.11 Å². The van der Waals surface area contributed by atoms with Crippen LogP contribution in [0.2, 0.25) is 0 Å². The van der Waals surface area contributed by atoms with Crippen molar-refractivity contribution < 1.29 is 14.4 Å². The monoisotopic (exact) mass is 459 g/mol. The average Bonchev–Trinajstić information content (AvgIpc) is 2.93. The molecule has 0 aliphatic carbocycles. The van der Waals surface area contributed by atoms with Gasteiger partial charge in [0.25, 0.3) is 0 Å². The number of rotatable bonds is 7. The predicted octanol–water partition coefficient (Wildman–Crippen LogP) is 6.50. The van der Waals surface area contributed by atoms with Crippen LogP contribution in [0.15, 0.2) is 128 Å². The zero-order chi connectivity index (χ0) is 24.0. The maximum absolute atomic E-state index is 11.2. The van der Waals surface area contributed by atoms with E-state index in [4.69, 9.17) is 9.72 Å². The summed E-state index contributed by atoms with van der Waals surface area (Å²) in [5, 5.41) is 12.3. The number of pyridine rings is 2. The molecule has 0 saturated carbocycles.